The third kappa shape index (κ3) is 5.45. The normalized spacial score (nSPS) is 10.6. The lowest BCUT2D eigenvalue weighted by Gasteiger charge is -2.11. The molecule has 3 aromatic rings. The van der Waals surface area contributed by atoms with Gasteiger partial charge in [-0.2, -0.15) is 5.10 Å². The summed E-state index contributed by atoms with van der Waals surface area (Å²) in [6, 6.07) is 24.8. The van der Waals surface area contributed by atoms with E-state index in [9.17, 15) is 4.79 Å². The summed E-state index contributed by atoms with van der Waals surface area (Å²) in [6.45, 7) is 0.451. The first-order chi connectivity index (χ1) is 13.6. The number of ether oxygens (including phenoxy) is 1. The largest absolute Gasteiger partial charge is 0.489 e. The Morgan fingerprint density at radius 2 is 1.64 bits per heavy atom. The minimum Gasteiger partial charge on any atom is -0.489 e. The standard InChI is InChI=1S/C23H23N3O2/c1-26(2)21-14-10-18(11-15-21)16-24-25-23(27)20-12-8-19(9-13-20)17-28-22-6-4-3-5-7-22/h3-16H,17H2,1-2H3,(H,25,27). The number of carbonyl (C=O) groups is 1. The molecule has 0 saturated heterocycles. The van der Waals surface area contributed by atoms with Crippen LogP contribution in [0.5, 0.6) is 5.75 Å². The Bertz CT molecular complexity index is 918. The highest BCUT2D eigenvalue weighted by Gasteiger charge is 2.04. The number of hydrogen-bond donors (Lipinski definition) is 1. The molecule has 1 amide bonds. The van der Waals surface area contributed by atoms with Crippen LogP contribution in [0, 0.1) is 0 Å². The molecule has 0 aliphatic carbocycles. The van der Waals surface area contributed by atoms with Crippen molar-refractivity contribution in [3.05, 3.63) is 95.6 Å². The summed E-state index contributed by atoms with van der Waals surface area (Å²) < 4.78 is 5.70. The van der Waals surface area contributed by atoms with Gasteiger partial charge < -0.3 is 9.64 Å². The van der Waals surface area contributed by atoms with Gasteiger partial charge in [0.05, 0.1) is 6.21 Å². The number of anilines is 1. The third-order valence-electron chi connectivity index (χ3n) is 4.15. The number of hydrazone groups is 1. The molecule has 0 radical (unpaired) electrons. The molecule has 3 aromatic carbocycles. The van der Waals surface area contributed by atoms with E-state index < -0.39 is 0 Å². The van der Waals surface area contributed by atoms with Crippen molar-refractivity contribution in [2.24, 2.45) is 5.10 Å². The molecule has 0 atom stereocenters. The second-order valence-electron chi connectivity index (χ2n) is 6.48. The Morgan fingerprint density at radius 1 is 0.964 bits per heavy atom. The van der Waals surface area contributed by atoms with Crippen LogP contribution in [0.15, 0.2) is 84.0 Å². The van der Waals surface area contributed by atoms with Gasteiger partial charge in [0.2, 0.25) is 0 Å². The molecule has 0 fully saturated rings. The molecule has 142 valence electrons. The van der Waals surface area contributed by atoms with E-state index >= 15 is 0 Å². The van der Waals surface area contributed by atoms with Crippen LogP contribution in [-0.4, -0.2) is 26.2 Å². The number of hydrogen-bond acceptors (Lipinski definition) is 4. The van der Waals surface area contributed by atoms with Gasteiger partial charge in [-0.25, -0.2) is 5.43 Å². The highest BCUT2D eigenvalue weighted by Crippen LogP contribution is 2.13. The molecule has 0 saturated carbocycles. The van der Waals surface area contributed by atoms with Gasteiger partial charge in [-0.3, -0.25) is 4.79 Å². The highest BCUT2D eigenvalue weighted by atomic mass is 16.5. The molecular formula is C23H23N3O2. The van der Waals surface area contributed by atoms with Crippen LogP contribution in [0.3, 0.4) is 0 Å². The van der Waals surface area contributed by atoms with Crippen LogP contribution in [0.1, 0.15) is 21.5 Å². The van der Waals surface area contributed by atoms with E-state index in [-0.39, 0.29) is 5.91 Å². The summed E-state index contributed by atoms with van der Waals surface area (Å²) in [5.41, 5.74) is 6.11. The van der Waals surface area contributed by atoms with Crippen LogP contribution >= 0.6 is 0 Å². The van der Waals surface area contributed by atoms with Crippen LogP contribution in [0.25, 0.3) is 0 Å². The molecule has 1 N–H and O–H groups in total. The summed E-state index contributed by atoms with van der Waals surface area (Å²) >= 11 is 0. The van der Waals surface area contributed by atoms with Gasteiger partial charge >= 0.3 is 0 Å². The van der Waals surface area contributed by atoms with E-state index in [0.717, 1.165) is 22.6 Å². The zero-order valence-electron chi connectivity index (χ0n) is 16.0. The van der Waals surface area contributed by atoms with Gasteiger partial charge in [0.1, 0.15) is 12.4 Å². The molecule has 0 aliphatic heterocycles. The fourth-order valence-corrected chi connectivity index (χ4v) is 2.52. The van der Waals surface area contributed by atoms with Crippen molar-refractivity contribution >= 4 is 17.8 Å². The second-order valence-corrected chi connectivity index (χ2v) is 6.48. The van der Waals surface area contributed by atoms with E-state index in [1.165, 1.54) is 0 Å². The molecule has 0 unspecified atom stereocenters. The maximum absolute atomic E-state index is 12.2. The Labute approximate surface area is 165 Å². The Balaban J connectivity index is 1.51. The number of nitrogens with one attached hydrogen (secondary N) is 1. The van der Waals surface area contributed by atoms with E-state index in [0.29, 0.717) is 12.2 Å². The van der Waals surface area contributed by atoms with Gasteiger partial charge in [0, 0.05) is 25.3 Å². The smallest absolute Gasteiger partial charge is 0.271 e. The summed E-state index contributed by atoms with van der Waals surface area (Å²) in [6.07, 6.45) is 1.62. The third-order valence-corrected chi connectivity index (χ3v) is 4.15. The number of carbonyl (C=O) groups excluding carboxylic acids is 1. The first-order valence-electron chi connectivity index (χ1n) is 8.99. The first kappa shape index (κ1) is 19.2. The predicted molar refractivity (Wildman–Crippen MR) is 113 cm³/mol. The lowest BCUT2D eigenvalue weighted by Crippen LogP contribution is -2.17. The average molecular weight is 373 g/mol. The number of para-hydroxylation sites is 1. The molecule has 28 heavy (non-hydrogen) atoms. The topological polar surface area (TPSA) is 53.9 Å². The summed E-state index contributed by atoms with van der Waals surface area (Å²) in [5, 5.41) is 4.03. The van der Waals surface area contributed by atoms with E-state index in [1.807, 2.05) is 85.7 Å². The van der Waals surface area contributed by atoms with Gasteiger partial charge in [-0.1, -0.05) is 42.5 Å². The van der Waals surface area contributed by atoms with E-state index in [1.54, 1.807) is 18.3 Å². The Kier molecular flexibility index (Phi) is 6.41. The molecule has 0 spiro atoms. The van der Waals surface area contributed by atoms with Gasteiger partial charge in [0.25, 0.3) is 5.91 Å². The minimum absolute atomic E-state index is 0.253. The summed E-state index contributed by atoms with van der Waals surface area (Å²) in [4.78, 5) is 14.2. The van der Waals surface area contributed by atoms with Crippen LogP contribution in [-0.2, 0) is 6.61 Å². The Hall–Kier alpha value is -3.60. The molecule has 0 aromatic heterocycles. The van der Waals surface area contributed by atoms with Crippen molar-refractivity contribution in [3.8, 4) is 5.75 Å². The molecule has 0 bridgehead atoms. The molecule has 0 heterocycles. The lowest BCUT2D eigenvalue weighted by molar-refractivity contribution is 0.0955. The first-order valence-corrected chi connectivity index (χ1v) is 8.99. The maximum Gasteiger partial charge on any atom is 0.271 e. The quantitative estimate of drug-likeness (QED) is 0.501. The van der Waals surface area contributed by atoms with Crippen molar-refractivity contribution in [2.45, 2.75) is 6.61 Å². The Morgan fingerprint density at radius 3 is 2.29 bits per heavy atom. The van der Waals surface area contributed by atoms with Crippen molar-refractivity contribution in [2.75, 3.05) is 19.0 Å². The number of amides is 1. The molecule has 5 nitrogen and oxygen atoms in total. The van der Waals surface area contributed by atoms with Crippen molar-refractivity contribution in [1.29, 1.82) is 0 Å². The fraction of sp³-hybridized carbons (Fsp3) is 0.130. The van der Waals surface area contributed by atoms with Crippen molar-refractivity contribution in [3.63, 3.8) is 0 Å². The SMILES string of the molecule is CN(C)c1ccc(C=NNC(=O)c2ccc(COc3ccccc3)cc2)cc1. The monoisotopic (exact) mass is 373 g/mol. The zero-order valence-corrected chi connectivity index (χ0v) is 16.0. The van der Waals surface area contributed by atoms with Crippen molar-refractivity contribution in [1.82, 2.24) is 5.43 Å². The zero-order chi connectivity index (χ0) is 19.8. The fourth-order valence-electron chi connectivity index (χ4n) is 2.52. The lowest BCUT2D eigenvalue weighted by atomic mass is 10.1. The summed E-state index contributed by atoms with van der Waals surface area (Å²) in [5.74, 6) is 0.564. The van der Waals surface area contributed by atoms with Gasteiger partial charge in [-0.15, -0.1) is 0 Å². The second kappa shape index (κ2) is 9.37. The van der Waals surface area contributed by atoms with E-state index in [4.69, 9.17) is 4.74 Å². The number of nitrogens with zero attached hydrogens (tertiary/aromatic N) is 2. The maximum atomic E-state index is 12.2. The van der Waals surface area contributed by atoms with Crippen molar-refractivity contribution < 1.29 is 9.53 Å². The molecule has 5 heteroatoms. The molecule has 0 aliphatic rings. The minimum atomic E-state index is -0.253. The highest BCUT2D eigenvalue weighted by molar-refractivity contribution is 5.94. The number of rotatable bonds is 7. The van der Waals surface area contributed by atoms with Gasteiger partial charge in [0.15, 0.2) is 0 Å². The predicted octanol–water partition coefficient (Wildman–Crippen LogP) is 4.10. The number of benzene rings is 3. The van der Waals surface area contributed by atoms with E-state index in [2.05, 4.69) is 10.5 Å². The van der Waals surface area contributed by atoms with Gasteiger partial charge in [-0.05, 0) is 47.5 Å². The van der Waals surface area contributed by atoms with Crippen LogP contribution < -0.4 is 15.1 Å². The average Bonchev–Trinajstić information content (AvgIpc) is 2.73. The van der Waals surface area contributed by atoms with Crippen LogP contribution in [0.4, 0.5) is 5.69 Å². The van der Waals surface area contributed by atoms with Crippen LogP contribution in [0.2, 0.25) is 0 Å². The summed E-state index contributed by atoms with van der Waals surface area (Å²) in [7, 11) is 3.98. The molecule has 3 rings (SSSR count). The molecular weight excluding hydrogens is 350 g/mol.